The van der Waals surface area contributed by atoms with Gasteiger partial charge in [0.05, 0.1) is 6.21 Å². The first-order chi connectivity index (χ1) is 9.60. The molecule has 0 aromatic heterocycles. The van der Waals surface area contributed by atoms with E-state index < -0.39 is 17.5 Å². The topological polar surface area (TPSA) is 47.6 Å². The molecule has 0 amide bonds. The van der Waals surface area contributed by atoms with Crippen LogP contribution in [-0.2, 0) is 6.61 Å². The second-order valence-electron chi connectivity index (χ2n) is 4.00. The maximum Gasteiger partial charge on any atom is 0.159 e. The van der Waals surface area contributed by atoms with E-state index in [1.165, 1.54) is 24.4 Å². The number of hydrazone groups is 1. The van der Waals surface area contributed by atoms with Crippen molar-refractivity contribution in [2.45, 2.75) is 6.61 Å². The van der Waals surface area contributed by atoms with Crippen LogP contribution in [0.5, 0.6) is 5.75 Å². The summed E-state index contributed by atoms with van der Waals surface area (Å²) in [6.07, 6.45) is 1.31. The third-order valence-electron chi connectivity index (χ3n) is 2.57. The monoisotopic (exact) mass is 280 g/mol. The van der Waals surface area contributed by atoms with Crippen molar-refractivity contribution in [3.8, 4) is 5.75 Å². The van der Waals surface area contributed by atoms with Gasteiger partial charge in [0.15, 0.2) is 11.6 Å². The zero-order chi connectivity index (χ0) is 14.5. The van der Waals surface area contributed by atoms with Gasteiger partial charge in [-0.2, -0.15) is 5.10 Å². The van der Waals surface area contributed by atoms with Crippen LogP contribution in [0.4, 0.5) is 13.2 Å². The number of rotatable bonds is 4. The SMILES string of the molecule is NN=Cc1ccc(F)cc1OCc1ccc(F)c(F)c1. The van der Waals surface area contributed by atoms with Crippen LogP contribution in [0.1, 0.15) is 11.1 Å². The first kappa shape index (κ1) is 13.9. The highest BCUT2D eigenvalue weighted by molar-refractivity contribution is 5.83. The van der Waals surface area contributed by atoms with Gasteiger partial charge >= 0.3 is 0 Å². The lowest BCUT2D eigenvalue weighted by Crippen LogP contribution is -2.00. The van der Waals surface area contributed by atoms with E-state index in [1.807, 2.05) is 0 Å². The average molecular weight is 280 g/mol. The lowest BCUT2D eigenvalue weighted by molar-refractivity contribution is 0.303. The molecule has 3 nitrogen and oxygen atoms in total. The van der Waals surface area contributed by atoms with Gasteiger partial charge in [-0.15, -0.1) is 0 Å². The van der Waals surface area contributed by atoms with Gasteiger partial charge in [0.25, 0.3) is 0 Å². The van der Waals surface area contributed by atoms with E-state index in [4.69, 9.17) is 10.6 Å². The van der Waals surface area contributed by atoms with Gasteiger partial charge in [-0.3, -0.25) is 0 Å². The molecule has 0 fully saturated rings. The number of halogens is 3. The molecule has 6 heteroatoms. The minimum absolute atomic E-state index is 0.0357. The third-order valence-corrected chi connectivity index (χ3v) is 2.57. The normalized spacial score (nSPS) is 10.9. The molecule has 0 aliphatic heterocycles. The fourth-order valence-corrected chi connectivity index (χ4v) is 1.61. The Balaban J connectivity index is 2.17. The molecule has 0 bridgehead atoms. The van der Waals surface area contributed by atoms with Crippen LogP contribution < -0.4 is 10.6 Å². The molecule has 0 aliphatic carbocycles. The fourth-order valence-electron chi connectivity index (χ4n) is 1.61. The van der Waals surface area contributed by atoms with E-state index in [0.717, 1.165) is 18.2 Å². The van der Waals surface area contributed by atoms with Crippen molar-refractivity contribution in [1.82, 2.24) is 0 Å². The predicted molar refractivity (Wildman–Crippen MR) is 68.9 cm³/mol. The highest BCUT2D eigenvalue weighted by Crippen LogP contribution is 2.20. The van der Waals surface area contributed by atoms with Crippen molar-refractivity contribution in [2.24, 2.45) is 10.9 Å². The number of nitrogens with two attached hydrogens (primary N) is 1. The summed E-state index contributed by atoms with van der Waals surface area (Å²) in [6.45, 7) is -0.0357. The molecule has 2 aromatic rings. The minimum Gasteiger partial charge on any atom is -0.488 e. The summed E-state index contributed by atoms with van der Waals surface area (Å²) in [6, 6.07) is 7.26. The van der Waals surface area contributed by atoms with Crippen LogP contribution in [0.3, 0.4) is 0 Å². The van der Waals surface area contributed by atoms with Crippen molar-refractivity contribution >= 4 is 6.21 Å². The molecular formula is C14H11F3N2O. The van der Waals surface area contributed by atoms with Crippen LogP contribution in [0.25, 0.3) is 0 Å². The van der Waals surface area contributed by atoms with E-state index in [1.54, 1.807) is 0 Å². The summed E-state index contributed by atoms with van der Waals surface area (Å²) < 4.78 is 44.4. The molecule has 0 saturated heterocycles. The highest BCUT2D eigenvalue weighted by Gasteiger charge is 2.06. The lowest BCUT2D eigenvalue weighted by atomic mass is 10.2. The Morgan fingerprint density at radius 2 is 1.85 bits per heavy atom. The second-order valence-corrected chi connectivity index (χ2v) is 4.00. The van der Waals surface area contributed by atoms with E-state index in [0.29, 0.717) is 11.1 Å². The molecule has 2 rings (SSSR count). The number of nitrogens with zero attached hydrogens (tertiary/aromatic N) is 1. The summed E-state index contributed by atoms with van der Waals surface area (Å²) >= 11 is 0. The van der Waals surface area contributed by atoms with Gasteiger partial charge in [-0.25, -0.2) is 13.2 Å². The summed E-state index contributed by atoms with van der Waals surface area (Å²) in [4.78, 5) is 0. The van der Waals surface area contributed by atoms with E-state index in [9.17, 15) is 13.2 Å². The van der Waals surface area contributed by atoms with E-state index >= 15 is 0 Å². The largest absolute Gasteiger partial charge is 0.488 e. The Bertz CT molecular complexity index is 644. The molecule has 0 atom stereocenters. The van der Waals surface area contributed by atoms with E-state index in [2.05, 4.69) is 5.10 Å². The number of hydrogen-bond acceptors (Lipinski definition) is 3. The van der Waals surface area contributed by atoms with Crippen LogP contribution >= 0.6 is 0 Å². The van der Waals surface area contributed by atoms with Crippen LogP contribution in [0, 0.1) is 17.5 Å². The number of ether oxygens (including phenoxy) is 1. The Labute approximate surface area is 113 Å². The highest BCUT2D eigenvalue weighted by atomic mass is 19.2. The molecule has 0 unspecified atom stereocenters. The molecule has 0 radical (unpaired) electrons. The summed E-state index contributed by atoms with van der Waals surface area (Å²) in [5.41, 5.74) is 0.903. The average Bonchev–Trinajstić information content (AvgIpc) is 2.43. The van der Waals surface area contributed by atoms with Crippen molar-refractivity contribution in [2.75, 3.05) is 0 Å². The van der Waals surface area contributed by atoms with Crippen LogP contribution in [-0.4, -0.2) is 6.21 Å². The third kappa shape index (κ3) is 3.28. The van der Waals surface area contributed by atoms with Crippen molar-refractivity contribution in [1.29, 1.82) is 0 Å². The number of benzene rings is 2. The van der Waals surface area contributed by atoms with E-state index in [-0.39, 0.29) is 12.4 Å². The van der Waals surface area contributed by atoms with Crippen LogP contribution in [0.2, 0.25) is 0 Å². The maximum absolute atomic E-state index is 13.2. The van der Waals surface area contributed by atoms with Gasteiger partial charge in [-0.05, 0) is 29.8 Å². The van der Waals surface area contributed by atoms with Crippen LogP contribution in [0.15, 0.2) is 41.5 Å². The molecule has 0 saturated carbocycles. The molecular weight excluding hydrogens is 269 g/mol. The quantitative estimate of drug-likeness (QED) is 0.531. The summed E-state index contributed by atoms with van der Waals surface area (Å²) in [5.74, 6) is 2.87. The van der Waals surface area contributed by atoms with Gasteiger partial charge in [0.2, 0.25) is 0 Å². The molecule has 0 aliphatic rings. The van der Waals surface area contributed by atoms with Crippen molar-refractivity contribution in [3.63, 3.8) is 0 Å². The predicted octanol–water partition coefficient (Wildman–Crippen LogP) is 2.98. The Morgan fingerprint density at radius 3 is 2.55 bits per heavy atom. The van der Waals surface area contributed by atoms with Gasteiger partial charge in [0, 0.05) is 11.6 Å². The van der Waals surface area contributed by atoms with Gasteiger partial charge in [-0.1, -0.05) is 6.07 Å². The Hall–Kier alpha value is -2.50. The summed E-state index contributed by atoms with van der Waals surface area (Å²) in [5, 5.41) is 3.34. The first-order valence-corrected chi connectivity index (χ1v) is 5.69. The lowest BCUT2D eigenvalue weighted by Gasteiger charge is -2.09. The molecule has 2 N–H and O–H groups in total. The zero-order valence-corrected chi connectivity index (χ0v) is 10.3. The molecule has 20 heavy (non-hydrogen) atoms. The van der Waals surface area contributed by atoms with Crippen molar-refractivity contribution < 1.29 is 17.9 Å². The summed E-state index contributed by atoms with van der Waals surface area (Å²) in [7, 11) is 0. The smallest absolute Gasteiger partial charge is 0.159 e. The van der Waals surface area contributed by atoms with Crippen molar-refractivity contribution in [3.05, 3.63) is 65.0 Å². The molecule has 104 valence electrons. The number of hydrogen-bond donors (Lipinski definition) is 1. The second kappa shape index (κ2) is 6.10. The maximum atomic E-state index is 13.2. The fraction of sp³-hybridized carbons (Fsp3) is 0.0714. The first-order valence-electron chi connectivity index (χ1n) is 5.69. The standard InChI is InChI=1S/C14H11F3N2O/c15-11-3-2-10(7-19-18)14(6-11)20-8-9-1-4-12(16)13(17)5-9/h1-7H,8,18H2. The zero-order valence-electron chi connectivity index (χ0n) is 10.3. The molecule has 0 heterocycles. The van der Waals surface area contributed by atoms with Gasteiger partial charge in [0.1, 0.15) is 18.2 Å². The molecule has 0 spiro atoms. The van der Waals surface area contributed by atoms with Gasteiger partial charge < -0.3 is 10.6 Å². The Kier molecular flexibility index (Phi) is 4.24. The Morgan fingerprint density at radius 1 is 1.05 bits per heavy atom. The minimum atomic E-state index is -0.964. The molecule has 2 aromatic carbocycles.